The molecule has 2 aliphatic heterocycles. The molecule has 3 heterocycles. The smallest absolute Gasteiger partial charge is 0.267 e. The maximum atomic E-state index is 15.3. The Labute approximate surface area is 219 Å². The molecule has 3 amide bonds. The Morgan fingerprint density at radius 3 is 2.45 bits per heavy atom. The third-order valence-corrected chi connectivity index (χ3v) is 8.05. The van der Waals surface area contributed by atoms with Crippen LogP contribution in [-0.4, -0.2) is 65.5 Å². The number of anilines is 2. The van der Waals surface area contributed by atoms with Gasteiger partial charge >= 0.3 is 0 Å². The van der Waals surface area contributed by atoms with E-state index in [-0.39, 0.29) is 59.5 Å². The molecule has 202 valence electrons. The standard InChI is InChI=1S/C27H31F2N5O4/c1-13-10-33(11-14(2)38-13)22-16(5-6-18(28)21(22)29)26(37)34-12-17-20(27(17,3)4)23(34)25(36)32-15-7-8-31-19(9-15)24(30)35/h5-9,13-14,17,20,23H,10-12H2,1-4H3,(H2,30,35)(H,31,32,36)/t13-,14+,17-,20-,23-/m0/s1. The van der Waals surface area contributed by atoms with Gasteiger partial charge in [-0.3, -0.25) is 19.4 Å². The van der Waals surface area contributed by atoms with Crippen LogP contribution in [0.4, 0.5) is 20.2 Å². The van der Waals surface area contributed by atoms with Crippen molar-refractivity contribution in [2.45, 2.75) is 45.9 Å². The second-order valence-electron chi connectivity index (χ2n) is 11.1. The maximum Gasteiger partial charge on any atom is 0.267 e. The Kier molecular flexibility index (Phi) is 6.37. The van der Waals surface area contributed by atoms with Crippen LogP contribution < -0.4 is 16.0 Å². The molecule has 3 aliphatic rings. The molecule has 9 nitrogen and oxygen atoms in total. The molecule has 38 heavy (non-hydrogen) atoms. The largest absolute Gasteiger partial charge is 0.372 e. The van der Waals surface area contributed by atoms with Crippen molar-refractivity contribution in [1.29, 1.82) is 0 Å². The van der Waals surface area contributed by atoms with Crippen molar-refractivity contribution >= 4 is 29.1 Å². The molecular formula is C27H31F2N5O4. The van der Waals surface area contributed by atoms with Crippen LogP contribution in [0.2, 0.25) is 0 Å². The number of nitrogens with two attached hydrogens (primary N) is 1. The highest BCUT2D eigenvalue weighted by Gasteiger charge is 2.69. The Bertz CT molecular complexity index is 1310. The lowest BCUT2D eigenvalue weighted by molar-refractivity contribution is -0.120. The lowest BCUT2D eigenvalue weighted by atomic mass is 9.99. The van der Waals surface area contributed by atoms with Gasteiger partial charge in [-0.1, -0.05) is 13.8 Å². The highest BCUT2D eigenvalue weighted by atomic mass is 19.2. The number of halogens is 2. The van der Waals surface area contributed by atoms with Crippen LogP contribution in [0.15, 0.2) is 30.5 Å². The summed E-state index contributed by atoms with van der Waals surface area (Å²) in [5.74, 6) is -3.89. The third-order valence-electron chi connectivity index (χ3n) is 8.05. The normalized spacial score (nSPS) is 27.6. The van der Waals surface area contributed by atoms with E-state index in [2.05, 4.69) is 10.3 Å². The summed E-state index contributed by atoms with van der Waals surface area (Å²) in [6, 6.07) is 4.28. The van der Waals surface area contributed by atoms with Gasteiger partial charge in [0.05, 0.1) is 23.5 Å². The van der Waals surface area contributed by atoms with Crippen molar-refractivity contribution in [3.63, 3.8) is 0 Å². The van der Waals surface area contributed by atoms with Gasteiger partial charge in [0, 0.05) is 31.5 Å². The number of pyridine rings is 1. The van der Waals surface area contributed by atoms with Crippen LogP contribution in [0, 0.1) is 28.9 Å². The summed E-state index contributed by atoms with van der Waals surface area (Å²) < 4.78 is 35.4. The number of fused-ring (bicyclic) bond motifs is 1. The number of piperidine rings is 1. The number of ether oxygens (including phenoxy) is 1. The molecule has 3 fully saturated rings. The fraction of sp³-hybridized carbons (Fsp3) is 0.481. The fourth-order valence-electron chi connectivity index (χ4n) is 6.19. The Hall–Kier alpha value is -3.60. The van der Waals surface area contributed by atoms with Crippen molar-refractivity contribution in [2.75, 3.05) is 29.9 Å². The Morgan fingerprint density at radius 2 is 1.79 bits per heavy atom. The first-order valence-corrected chi connectivity index (χ1v) is 12.7. The molecule has 1 aromatic carbocycles. The maximum absolute atomic E-state index is 15.3. The zero-order chi connectivity index (χ0) is 27.5. The minimum absolute atomic E-state index is 0.00188. The molecule has 2 saturated heterocycles. The van der Waals surface area contributed by atoms with Crippen molar-refractivity contribution in [3.05, 3.63) is 53.4 Å². The van der Waals surface area contributed by atoms with Gasteiger partial charge in [-0.15, -0.1) is 0 Å². The summed E-state index contributed by atoms with van der Waals surface area (Å²) in [7, 11) is 0. The topological polar surface area (TPSA) is 118 Å². The number of hydrogen-bond donors (Lipinski definition) is 2. The number of carbonyl (C=O) groups excluding carboxylic acids is 3. The predicted molar refractivity (Wildman–Crippen MR) is 136 cm³/mol. The summed E-state index contributed by atoms with van der Waals surface area (Å²) in [6.45, 7) is 8.64. The zero-order valence-corrected chi connectivity index (χ0v) is 21.7. The molecule has 1 aliphatic carbocycles. The average Bonchev–Trinajstić information content (AvgIpc) is 3.17. The number of morpholine rings is 1. The van der Waals surface area contributed by atoms with Gasteiger partial charge in [0.1, 0.15) is 11.7 Å². The number of carbonyl (C=O) groups is 3. The third kappa shape index (κ3) is 4.38. The van der Waals surface area contributed by atoms with Crippen molar-refractivity contribution in [3.8, 4) is 0 Å². The molecule has 3 N–H and O–H groups in total. The van der Waals surface area contributed by atoms with Crippen molar-refractivity contribution < 1.29 is 27.9 Å². The summed E-state index contributed by atoms with van der Waals surface area (Å²) >= 11 is 0. The van der Waals surface area contributed by atoms with Crippen molar-refractivity contribution in [2.24, 2.45) is 23.0 Å². The van der Waals surface area contributed by atoms with Crippen LogP contribution >= 0.6 is 0 Å². The molecule has 0 radical (unpaired) electrons. The average molecular weight is 528 g/mol. The van der Waals surface area contributed by atoms with Gasteiger partial charge in [0.15, 0.2) is 11.6 Å². The first-order valence-electron chi connectivity index (χ1n) is 12.7. The number of nitrogens with one attached hydrogen (secondary N) is 1. The van der Waals surface area contributed by atoms with Gasteiger partial charge in [0.2, 0.25) is 5.91 Å². The summed E-state index contributed by atoms with van der Waals surface area (Å²) in [5.41, 5.74) is 5.34. The number of primary amides is 1. The summed E-state index contributed by atoms with van der Waals surface area (Å²) in [4.78, 5) is 46.0. The van der Waals surface area contributed by atoms with Crippen molar-refractivity contribution in [1.82, 2.24) is 9.88 Å². The quantitative estimate of drug-likeness (QED) is 0.618. The van der Waals surface area contributed by atoms with Gasteiger partial charge in [0.25, 0.3) is 11.8 Å². The molecule has 5 atom stereocenters. The van der Waals surface area contributed by atoms with Gasteiger partial charge in [-0.05, 0) is 55.4 Å². The van der Waals surface area contributed by atoms with Gasteiger partial charge in [-0.2, -0.15) is 0 Å². The lowest BCUT2D eigenvalue weighted by Crippen LogP contribution is -2.49. The van der Waals surface area contributed by atoms with E-state index in [0.29, 0.717) is 12.2 Å². The monoisotopic (exact) mass is 527 g/mol. The molecule has 1 aromatic heterocycles. The first-order chi connectivity index (χ1) is 17.9. The van der Waals surface area contributed by atoms with E-state index >= 15 is 4.39 Å². The summed E-state index contributed by atoms with van der Waals surface area (Å²) in [5, 5.41) is 2.78. The molecule has 0 spiro atoms. The van der Waals surface area contributed by atoms with Crippen LogP contribution in [-0.2, 0) is 9.53 Å². The minimum atomic E-state index is -1.10. The second kappa shape index (κ2) is 9.30. The summed E-state index contributed by atoms with van der Waals surface area (Å²) in [6.07, 6.45) is 0.872. The van der Waals surface area contributed by atoms with Crippen LogP contribution in [0.1, 0.15) is 48.5 Å². The molecular weight excluding hydrogens is 496 g/mol. The number of benzene rings is 1. The molecule has 1 saturated carbocycles. The number of rotatable bonds is 5. The fourth-order valence-corrected chi connectivity index (χ4v) is 6.19. The number of aromatic nitrogens is 1. The molecule has 0 unspecified atom stereocenters. The van der Waals surface area contributed by atoms with Gasteiger partial charge in [-0.25, -0.2) is 8.78 Å². The highest BCUT2D eigenvalue weighted by molar-refractivity contribution is 6.05. The Morgan fingerprint density at radius 1 is 1.11 bits per heavy atom. The molecule has 5 rings (SSSR count). The minimum Gasteiger partial charge on any atom is -0.372 e. The molecule has 11 heteroatoms. The second-order valence-corrected chi connectivity index (χ2v) is 11.1. The van der Waals surface area contributed by atoms with Crippen LogP contribution in [0.25, 0.3) is 0 Å². The van der Waals surface area contributed by atoms with Crippen LogP contribution in [0.5, 0.6) is 0 Å². The molecule has 2 aromatic rings. The number of likely N-dealkylation sites (tertiary alicyclic amines) is 1. The van der Waals surface area contributed by atoms with E-state index in [4.69, 9.17) is 10.5 Å². The van der Waals surface area contributed by atoms with E-state index in [1.54, 1.807) is 4.90 Å². The van der Waals surface area contributed by atoms with E-state index in [1.807, 2.05) is 27.7 Å². The van der Waals surface area contributed by atoms with E-state index < -0.39 is 35.4 Å². The first kappa shape index (κ1) is 26.0. The lowest BCUT2D eigenvalue weighted by Gasteiger charge is -2.38. The van der Waals surface area contributed by atoms with E-state index in [1.165, 1.54) is 29.3 Å². The zero-order valence-electron chi connectivity index (χ0n) is 21.7. The highest BCUT2D eigenvalue weighted by Crippen LogP contribution is 2.65. The molecule has 0 bridgehead atoms. The number of hydrogen-bond acceptors (Lipinski definition) is 6. The SMILES string of the molecule is C[C@@H]1CN(c2c(C(=O)N3C[C@H]4[C@@H]([C@H]3C(=O)Nc3ccnc(C(N)=O)c3)C4(C)C)ccc(F)c2F)C[C@H](C)O1. The number of nitrogens with zero attached hydrogens (tertiary/aromatic N) is 3. The van der Waals surface area contributed by atoms with E-state index in [9.17, 15) is 18.8 Å². The van der Waals surface area contributed by atoms with Gasteiger partial charge < -0.3 is 25.6 Å². The predicted octanol–water partition coefficient (Wildman–Crippen LogP) is 2.81. The number of amides is 3. The Balaban J connectivity index is 1.47. The van der Waals surface area contributed by atoms with Crippen LogP contribution in [0.3, 0.4) is 0 Å². The van der Waals surface area contributed by atoms with E-state index in [0.717, 1.165) is 6.07 Å².